The molecule has 0 aromatic carbocycles. The van der Waals surface area contributed by atoms with Crippen molar-refractivity contribution in [2.24, 2.45) is 0 Å². The summed E-state index contributed by atoms with van der Waals surface area (Å²) in [6, 6.07) is 0. The molecule has 0 saturated carbocycles. The van der Waals surface area contributed by atoms with Crippen molar-refractivity contribution >= 4 is 0 Å². The normalized spacial score (nSPS) is 7.33. The molecule has 5 N–H and O–H groups in total. The highest BCUT2D eigenvalue weighted by atomic mass is 16.0. The van der Waals surface area contributed by atoms with Gasteiger partial charge >= 0.3 is 0 Å². The quantitative estimate of drug-likeness (QED) is 0.590. The van der Waals surface area contributed by atoms with E-state index in [0.717, 1.165) is 0 Å². The summed E-state index contributed by atoms with van der Waals surface area (Å²) < 4.78 is 0. The maximum Gasteiger partial charge on any atom is -0.0533 e. The van der Waals surface area contributed by atoms with E-state index in [0.29, 0.717) is 0 Å². The van der Waals surface area contributed by atoms with Crippen LogP contribution in [0.15, 0.2) is 0 Å². The summed E-state index contributed by atoms with van der Waals surface area (Å²) in [7, 11) is 0. The number of hydrogen-bond acceptors (Lipinski definition) is 1. The smallest absolute Gasteiger partial charge is 0.0533 e. The predicted octanol–water partition coefficient (Wildman–Crippen LogP) is 2.31. The Hall–Kier alpha value is -0.0800. The van der Waals surface area contributed by atoms with Crippen molar-refractivity contribution in [3.8, 4) is 0 Å². The number of hydrogen-bond donors (Lipinski definition) is 1. The Morgan fingerprint density at radius 2 is 1.11 bits per heavy atom. The molecule has 0 bridgehead atoms. The van der Waals surface area contributed by atoms with Gasteiger partial charge in [0.15, 0.2) is 0 Å². The van der Waals surface area contributed by atoms with Gasteiger partial charge in [-0.2, -0.15) is 0 Å². The molecular formula is C7H21NO. The zero-order valence-corrected chi connectivity index (χ0v) is 6.74. The molecule has 0 atom stereocenters. The third-order valence-corrected chi connectivity index (χ3v) is 1.21. The van der Waals surface area contributed by atoms with Gasteiger partial charge in [-0.3, -0.25) is 0 Å². The van der Waals surface area contributed by atoms with Gasteiger partial charge in [0, 0.05) is 0 Å². The van der Waals surface area contributed by atoms with Crippen LogP contribution in [0.5, 0.6) is 0 Å². The second-order valence-electron chi connectivity index (χ2n) is 2.06. The lowest BCUT2D eigenvalue weighted by atomic mass is 10.2. The molecular weight excluding hydrogens is 114 g/mol. The van der Waals surface area contributed by atoms with Crippen molar-refractivity contribution < 1.29 is 5.48 Å². The third kappa shape index (κ3) is 18.1. The molecule has 9 heavy (non-hydrogen) atoms. The Morgan fingerprint density at radius 1 is 0.778 bits per heavy atom. The van der Waals surface area contributed by atoms with Crippen LogP contribution in [-0.4, -0.2) is 5.48 Å². The van der Waals surface area contributed by atoms with Gasteiger partial charge in [-0.1, -0.05) is 46.0 Å². The molecule has 0 fully saturated rings. The van der Waals surface area contributed by atoms with E-state index in [1.165, 1.54) is 32.1 Å². The summed E-state index contributed by atoms with van der Waals surface area (Å²) in [6.07, 6.45) is 7.01. The summed E-state index contributed by atoms with van der Waals surface area (Å²) in [5.74, 6) is 0. The highest BCUT2D eigenvalue weighted by Gasteiger charge is 1.80. The van der Waals surface area contributed by atoms with Crippen molar-refractivity contribution in [2.45, 2.75) is 46.0 Å². The van der Waals surface area contributed by atoms with Crippen LogP contribution in [0, 0.1) is 0 Å². The standard InChI is InChI=1S/C7H16.H3N.H2O/c1-3-5-7-6-4-2;;/h3-7H2,1-2H3;1H3;1H2. The van der Waals surface area contributed by atoms with E-state index in [4.69, 9.17) is 0 Å². The lowest BCUT2D eigenvalue weighted by Crippen LogP contribution is -1.70. The molecule has 0 aromatic heterocycles. The Morgan fingerprint density at radius 3 is 1.33 bits per heavy atom. The maximum atomic E-state index is 2.25. The van der Waals surface area contributed by atoms with E-state index in [9.17, 15) is 0 Å². The number of rotatable bonds is 4. The van der Waals surface area contributed by atoms with Crippen molar-refractivity contribution in [3.63, 3.8) is 0 Å². The van der Waals surface area contributed by atoms with E-state index in [1.807, 2.05) is 0 Å². The van der Waals surface area contributed by atoms with E-state index in [1.54, 1.807) is 0 Å². The van der Waals surface area contributed by atoms with Crippen LogP contribution in [0.3, 0.4) is 0 Å². The van der Waals surface area contributed by atoms with Gasteiger partial charge in [0.1, 0.15) is 0 Å². The monoisotopic (exact) mass is 135 g/mol. The van der Waals surface area contributed by atoms with E-state index in [2.05, 4.69) is 13.8 Å². The first kappa shape index (κ1) is 16.0. The van der Waals surface area contributed by atoms with Crippen LogP contribution in [0.4, 0.5) is 0 Å². The Kier molecular flexibility index (Phi) is 27.8. The summed E-state index contributed by atoms with van der Waals surface area (Å²) in [6.45, 7) is 4.49. The van der Waals surface area contributed by atoms with Crippen LogP contribution in [-0.2, 0) is 0 Å². The molecule has 0 amide bonds. The Bertz CT molecular complexity index is 28.1. The molecule has 0 unspecified atom stereocenters. The van der Waals surface area contributed by atoms with E-state index < -0.39 is 0 Å². The molecule has 2 nitrogen and oxygen atoms in total. The van der Waals surface area contributed by atoms with Gasteiger partial charge in [-0.25, -0.2) is 0 Å². The second kappa shape index (κ2) is 15.7. The molecule has 0 aliphatic rings. The highest BCUT2D eigenvalue weighted by molar-refractivity contribution is 4.35. The molecule has 0 rings (SSSR count). The fourth-order valence-corrected chi connectivity index (χ4v) is 0.677. The zero-order chi connectivity index (χ0) is 5.54. The van der Waals surface area contributed by atoms with Crippen LogP contribution in [0.1, 0.15) is 46.0 Å². The van der Waals surface area contributed by atoms with Gasteiger partial charge in [-0.15, -0.1) is 0 Å². The van der Waals surface area contributed by atoms with E-state index >= 15 is 0 Å². The average Bonchev–Trinajstić information content (AvgIpc) is 1.69. The fourth-order valence-electron chi connectivity index (χ4n) is 0.677. The van der Waals surface area contributed by atoms with Crippen LogP contribution >= 0.6 is 0 Å². The minimum atomic E-state index is 0. The minimum absolute atomic E-state index is 0. The predicted molar refractivity (Wildman–Crippen MR) is 43.1 cm³/mol. The summed E-state index contributed by atoms with van der Waals surface area (Å²) >= 11 is 0. The van der Waals surface area contributed by atoms with E-state index in [-0.39, 0.29) is 11.6 Å². The fraction of sp³-hybridized carbons (Fsp3) is 1.00. The van der Waals surface area contributed by atoms with Gasteiger partial charge in [-0.05, 0) is 0 Å². The third-order valence-electron chi connectivity index (χ3n) is 1.21. The lowest BCUT2D eigenvalue weighted by Gasteiger charge is -1.90. The van der Waals surface area contributed by atoms with Gasteiger partial charge in [0.2, 0.25) is 0 Å². The lowest BCUT2D eigenvalue weighted by molar-refractivity contribution is 0.656. The van der Waals surface area contributed by atoms with Crippen LogP contribution < -0.4 is 6.15 Å². The van der Waals surface area contributed by atoms with Crippen LogP contribution in [0.25, 0.3) is 0 Å². The first-order chi connectivity index (χ1) is 3.41. The maximum absolute atomic E-state index is 2.25. The Balaban J connectivity index is -0.000000180. The van der Waals surface area contributed by atoms with Crippen LogP contribution in [0.2, 0.25) is 0 Å². The van der Waals surface area contributed by atoms with Crippen molar-refractivity contribution in [1.29, 1.82) is 0 Å². The topological polar surface area (TPSA) is 66.5 Å². The highest BCUT2D eigenvalue weighted by Crippen LogP contribution is 2.00. The van der Waals surface area contributed by atoms with Crippen molar-refractivity contribution in [2.75, 3.05) is 0 Å². The van der Waals surface area contributed by atoms with Gasteiger partial charge < -0.3 is 11.6 Å². The molecule has 0 aliphatic heterocycles. The molecule has 0 radical (unpaired) electrons. The summed E-state index contributed by atoms with van der Waals surface area (Å²) in [4.78, 5) is 0. The average molecular weight is 135 g/mol. The number of unbranched alkanes of at least 4 members (excludes halogenated alkanes) is 4. The molecule has 0 aliphatic carbocycles. The van der Waals surface area contributed by atoms with Gasteiger partial charge in [0.25, 0.3) is 0 Å². The molecule has 0 heterocycles. The van der Waals surface area contributed by atoms with Gasteiger partial charge in [0.05, 0.1) is 0 Å². The molecule has 60 valence electrons. The largest absolute Gasteiger partial charge is 0.412 e. The van der Waals surface area contributed by atoms with Crippen molar-refractivity contribution in [1.82, 2.24) is 6.15 Å². The second-order valence-corrected chi connectivity index (χ2v) is 2.06. The first-order valence-corrected chi connectivity index (χ1v) is 3.41. The SMILES string of the molecule is CCCCCCC.N.O. The molecule has 0 saturated heterocycles. The molecule has 0 spiro atoms. The minimum Gasteiger partial charge on any atom is -0.412 e. The Labute approximate surface area is 58.5 Å². The molecule has 0 aromatic rings. The molecule has 2 heteroatoms. The van der Waals surface area contributed by atoms with Crippen molar-refractivity contribution in [3.05, 3.63) is 0 Å². The zero-order valence-electron chi connectivity index (χ0n) is 6.74. The first-order valence-electron chi connectivity index (χ1n) is 3.41. The summed E-state index contributed by atoms with van der Waals surface area (Å²) in [5, 5.41) is 0. The summed E-state index contributed by atoms with van der Waals surface area (Å²) in [5.41, 5.74) is 0.